The Bertz CT molecular complexity index is 674. The number of halogens is 3. The second-order valence-electron chi connectivity index (χ2n) is 3.66. The monoisotopic (exact) mass is 316 g/mol. The van der Waals surface area contributed by atoms with Crippen LogP contribution in [0.5, 0.6) is 0 Å². The summed E-state index contributed by atoms with van der Waals surface area (Å²) in [5.41, 5.74) is 6.01. The highest BCUT2D eigenvalue weighted by Crippen LogP contribution is 2.38. The average Bonchev–Trinajstić information content (AvgIpc) is 2.36. The summed E-state index contributed by atoms with van der Waals surface area (Å²) < 4.78 is 0. The molecule has 0 saturated heterocycles. The number of hydrogen-bond donors (Lipinski definition) is 2. The molecule has 0 fully saturated rings. The molecule has 1 aromatic heterocycles. The first-order chi connectivity index (χ1) is 8.91. The van der Waals surface area contributed by atoms with Crippen LogP contribution in [-0.4, -0.2) is 16.1 Å². The Morgan fingerprint density at radius 2 is 1.74 bits per heavy atom. The molecule has 0 aliphatic carbocycles. The second-order valence-corrected chi connectivity index (χ2v) is 4.85. The van der Waals surface area contributed by atoms with Gasteiger partial charge in [-0.05, 0) is 24.3 Å². The Hall–Kier alpha value is -1.49. The number of carboxylic acid groups (broad SMARTS) is 1. The Morgan fingerprint density at radius 1 is 1.11 bits per heavy atom. The molecule has 0 spiro atoms. The van der Waals surface area contributed by atoms with E-state index < -0.39 is 5.97 Å². The zero-order chi connectivity index (χ0) is 14.2. The number of carboxylic acids is 1. The highest BCUT2D eigenvalue weighted by atomic mass is 35.5. The summed E-state index contributed by atoms with van der Waals surface area (Å²) in [5.74, 6) is -1.23. The van der Waals surface area contributed by atoms with Gasteiger partial charge in [-0.2, -0.15) is 0 Å². The maximum Gasteiger partial charge on any atom is 0.356 e. The first kappa shape index (κ1) is 13.9. The van der Waals surface area contributed by atoms with Crippen molar-refractivity contribution < 1.29 is 9.90 Å². The predicted molar refractivity (Wildman–Crippen MR) is 76.1 cm³/mol. The maximum absolute atomic E-state index is 11.0. The largest absolute Gasteiger partial charge is 0.476 e. The van der Waals surface area contributed by atoms with E-state index in [0.29, 0.717) is 21.3 Å². The predicted octanol–water partition coefficient (Wildman–Crippen LogP) is 3.99. The first-order valence-corrected chi connectivity index (χ1v) is 6.19. The minimum atomic E-state index is -1.23. The molecule has 0 aliphatic rings. The van der Waals surface area contributed by atoms with Crippen LogP contribution in [0.3, 0.4) is 0 Å². The molecule has 0 atom stereocenters. The Morgan fingerprint density at radius 3 is 2.37 bits per heavy atom. The molecular formula is C12H7Cl3N2O2. The molecule has 7 heteroatoms. The average molecular weight is 318 g/mol. The van der Waals surface area contributed by atoms with Crippen molar-refractivity contribution in [2.75, 3.05) is 5.73 Å². The van der Waals surface area contributed by atoms with Crippen LogP contribution in [0.15, 0.2) is 24.3 Å². The number of rotatable bonds is 2. The molecule has 4 nitrogen and oxygen atoms in total. The molecule has 0 amide bonds. The molecule has 1 heterocycles. The van der Waals surface area contributed by atoms with Crippen molar-refractivity contribution in [3.63, 3.8) is 0 Å². The Kier molecular flexibility index (Phi) is 3.85. The third-order valence-electron chi connectivity index (χ3n) is 2.43. The van der Waals surface area contributed by atoms with Crippen molar-refractivity contribution in [1.82, 2.24) is 4.98 Å². The molecule has 2 aromatic rings. The molecule has 0 saturated carbocycles. The van der Waals surface area contributed by atoms with Crippen LogP contribution in [-0.2, 0) is 0 Å². The number of anilines is 1. The highest BCUT2D eigenvalue weighted by Gasteiger charge is 2.16. The molecule has 1 aromatic carbocycles. The molecule has 2 rings (SSSR count). The van der Waals surface area contributed by atoms with Gasteiger partial charge in [0, 0.05) is 5.56 Å². The SMILES string of the molecule is Nc1ccc(-c2c(Cl)ccc(Cl)c2Cl)nc1C(=O)O. The third kappa shape index (κ3) is 2.61. The van der Waals surface area contributed by atoms with Crippen molar-refractivity contribution in [1.29, 1.82) is 0 Å². The van der Waals surface area contributed by atoms with Crippen LogP contribution in [0.4, 0.5) is 5.69 Å². The third-order valence-corrected chi connectivity index (χ3v) is 3.55. The van der Waals surface area contributed by atoms with Crippen LogP contribution in [0, 0.1) is 0 Å². The number of aromatic nitrogens is 1. The summed E-state index contributed by atoms with van der Waals surface area (Å²) in [5, 5.41) is 9.83. The lowest BCUT2D eigenvalue weighted by atomic mass is 10.1. The van der Waals surface area contributed by atoms with Gasteiger partial charge in [0.05, 0.1) is 26.4 Å². The quantitative estimate of drug-likeness (QED) is 0.821. The molecule has 0 bridgehead atoms. The van der Waals surface area contributed by atoms with E-state index in [1.165, 1.54) is 12.1 Å². The van der Waals surface area contributed by atoms with Crippen LogP contribution in [0.1, 0.15) is 10.5 Å². The molecule has 0 radical (unpaired) electrons. The summed E-state index contributed by atoms with van der Waals surface area (Å²) in [4.78, 5) is 15.0. The van der Waals surface area contributed by atoms with Crippen molar-refractivity contribution >= 4 is 46.5 Å². The fourth-order valence-electron chi connectivity index (χ4n) is 1.54. The van der Waals surface area contributed by atoms with Gasteiger partial charge in [-0.1, -0.05) is 34.8 Å². The lowest BCUT2D eigenvalue weighted by Crippen LogP contribution is -2.06. The minimum absolute atomic E-state index is 0.0607. The van der Waals surface area contributed by atoms with Gasteiger partial charge in [0.15, 0.2) is 5.69 Å². The lowest BCUT2D eigenvalue weighted by molar-refractivity contribution is 0.0692. The Labute approximate surface area is 123 Å². The van der Waals surface area contributed by atoms with Gasteiger partial charge >= 0.3 is 5.97 Å². The number of aromatic carboxylic acids is 1. The summed E-state index contributed by atoms with van der Waals surface area (Å²) in [6.45, 7) is 0. The summed E-state index contributed by atoms with van der Waals surface area (Å²) in [6, 6.07) is 6.07. The van der Waals surface area contributed by atoms with Gasteiger partial charge in [-0.3, -0.25) is 0 Å². The maximum atomic E-state index is 11.0. The van der Waals surface area contributed by atoms with Crippen molar-refractivity contribution in [3.05, 3.63) is 45.0 Å². The normalized spacial score (nSPS) is 10.5. The zero-order valence-electron chi connectivity index (χ0n) is 9.32. The van der Waals surface area contributed by atoms with Gasteiger partial charge in [0.2, 0.25) is 0 Å². The molecule has 0 unspecified atom stereocenters. The molecule has 98 valence electrons. The zero-order valence-corrected chi connectivity index (χ0v) is 11.6. The minimum Gasteiger partial charge on any atom is -0.476 e. The van der Waals surface area contributed by atoms with Gasteiger partial charge in [-0.15, -0.1) is 0 Å². The lowest BCUT2D eigenvalue weighted by Gasteiger charge is -2.09. The molecular weight excluding hydrogens is 311 g/mol. The molecule has 19 heavy (non-hydrogen) atoms. The van der Waals surface area contributed by atoms with E-state index >= 15 is 0 Å². The van der Waals surface area contributed by atoms with E-state index in [4.69, 9.17) is 45.6 Å². The number of benzene rings is 1. The molecule has 0 aliphatic heterocycles. The van der Waals surface area contributed by atoms with E-state index in [0.717, 1.165) is 0 Å². The van der Waals surface area contributed by atoms with E-state index in [1.807, 2.05) is 0 Å². The van der Waals surface area contributed by atoms with E-state index in [-0.39, 0.29) is 16.4 Å². The van der Waals surface area contributed by atoms with Gasteiger partial charge in [0.1, 0.15) is 0 Å². The number of pyridine rings is 1. The van der Waals surface area contributed by atoms with Crippen LogP contribution in [0.25, 0.3) is 11.3 Å². The van der Waals surface area contributed by atoms with Gasteiger partial charge in [0.25, 0.3) is 0 Å². The fraction of sp³-hybridized carbons (Fsp3) is 0. The Balaban J connectivity index is 2.70. The smallest absolute Gasteiger partial charge is 0.356 e. The number of carbonyl (C=O) groups is 1. The van der Waals surface area contributed by atoms with E-state index in [2.05, 4.69) is 4.98 Å². The van der Waals surface area contributed by atoms with E-state index in [1.54, 1.807) is 12.1 Å². The highest BCUT2D eigenvalue weighted by molar-refractivity contribution is 6.46. The van der Waals surface area contributed by atoms with Crippen molar-refractivity contribution in [2.24, 2.45) is 0 Å². The number of nitrogen functional groups attached to an aromatic ring is 1. The summed E-state index contributed by atoms with van der Waals surface area (Å²) in [6.07, 6.45) is 0. The topological polar surface area (TPSA) is 76.2 Å². The van der Waals surface area contributed by atoms with Crippen molar-refractivity contribution in [2.45, 2.75) is 0 Å². The number of hydrogen-bond acceptors (Lipinski definition) is 3. The fourth-order valence-corrected chi connectivity index (χ4v) is 2.26. The summed E-state index contributed by atoms with van der Waals surface area (Å²) >= 11 is 18.0. The van der Waals surface area contributed by atoms with Gasteiger partial charge < -0.3 is 10.8 Å². The molecule has 3 N–H and O–H groups in total. The van der Waals surface area contributed by atoms with Crippen molar-refractivity contribution in [3.8, 4) is 11.3 Å². The second kappa shape index (κ2) is 5.25. The van der Waals surface area contributed by atoms with E-state index in [9.17, 15) is 4.79 Å². The number of nitrogens with two attached hydrogens (primary N) is 1. The first-order valence-electron chi connectivity index (χ1n) is 5.05. The summed E-state index contributed by atoms with van der Waals surface area (Å²) in [7, 11) is 0. The standard InChI is InChI=1S/C12H7Cl3N2O2/c13-5-1-2-6(14)10(15)9(5)8-4-3-7(16)11(17-8)12(18)19/h1-4H,16H2,(H,18,19). The number of nitrogens with zero attached hydrogens (tertiary/aromatic N) is 1. The van der Waals surface area contributed by atoms with Gasteiger partial charge in [-0.25, -0.2) is 9.78 Å². The van der Waals surface area contributed by atoms with Crippen LogP contribution in [0.2, 0.25) is 15.1 Å². The van der Waals surface area contributed by atoms with Crippen LogP contribution >= 0.6 is 34.8 Å². The van der Waals surface area contributed by atoms with Crippen LogP contribution < -0.4 is 5.73 Å².